The second kappa shape index (κ2) is 9.77. The van der Waals surface area contributed by atoms with Gasteiger partial charge in [0.05, 0.1) is 6.26 Å². The summed E-state index contributed by atoms with van der Waals surface area (Å²) in [6, 6.07) is 11.8. The number of benzene rings is 1. The summed E-state index contributed by atoms with van der Waals surface area (Å²) < 4.78 is 5.23. The molecule has 4 nitrogen and oxygen atoms in total. The number of furan rings is 1. The van der Waals surface area contributed by atoms with Gasteiger partial charge in [-0.2, -0.15) is 0 Å². The van der Waals surface area contributed by atoms with Gasteiger partial charge in [0, 0.05) is 37.8 Å². The highest BCUT2D eigenvalue weighted by atomic mass is 35.5. The van der Waals surface area contributed by atoms with E-state index in [1.54, 1.807) is 18.4 Å². The molecule has 1 aliphatic heterocycles. The number of hydrogen-bond donors (Lipinski definition) is 0. The lowest BCUT2D eigenvalue weighted by atomic mass is 9.97. The van der Waals surface area contributed by atoms with Crippen LogP contribution in [0.25, 0.3) is 6.08 Å². The zero-order valence-electron chi connectivity index (χ0n) is 15.8. The Bertz CT molecular complexity index is 740. The molecule has 0 spiro atoms. The quantitative estimate of drug-likeness (QED) is 0.663. The first-order valence-electron chi connectivity index (χ1n) is 9.53. The summed E-state index contributed by atoms with van der Waals surface area (Å²) in [7, 11) is 1.88. The number of carbonyl (C=O) groups excluding carboxylic acids is 1. The van der Waals surface area contributed by atoms with Crippen LogP contribution < -0.4 is 0 Å². The lowest BCUT2D eigenvalue weighted by molar-refractivity contribution is -0.125. The standard InChI is InChI=1S/C22H27ClN2O2/c1-24(22(26)11-10-21-5-3-15-27-21)16-19-4-2-13-25(17-19)14-12-18-6-8-20(23)9-7-18/h3,5-11,15,19H,2,4,12-14,16-17H2,1H3. The Morgan fingerprint density at radius 1 is 1.33 bits per heavy atom. The van der Waals surface area contributed by atoms with E-state index in [4.69, 9.17) is 16.0 Å². The number of likely N-dealkylation sites (tertiary alicyclic amines) is 1. The first kappa shape index (κ1) is 19.7. The molecule has 1 atom stereocenters. The largest absolute Gasteiger partial charge is 0.465 e. The molecule has 1 fully saturated rings. The summed E-state index contributed by atoms with van der Waals surface area (Å²) in [5, 5.41) is 0.783. The number of nitrogens with zero attached hydrogens (tertiary/aromatic N) is 2. The van der Waals surface area contributed by atoms with E-state index in [0.717, 1.165) is 37.6 Å². The maximum atomic E-state index is 12.3. The van der Waals surface area contributed by atoms with Crippen LogP contribution in [0.5, 0.6) is 0 Å². The maximum absolute atomic E-state index is 12.3. The Hall–Kier alpha value is -2.04. The Kier molecular flexibility index (Phi) is 7.13. The Balaban J connectivity index is 1.44. The predicted octanol–water partition coefficient (Wildman–Crippen LogP) is 4.36. The second-order valence-corrected chi connectivity index (χ2v) is 7.69. The molecular formula is C22H27ClN2O2. The third kappa shape index (κ3) is 6.26. The lowest BCUT2D eigenvalue weighted by Crippen LogP contribution is -2.42. The summed E-state index contributed by atoms with van der Waals surface area (Å²) >= 11 is 5.95. The fraction of sp³-hybridized carbons (Fsp3) is 0.409. The smallest absolute Gasteiger partial charge is 0.246 e. The van der Waals surface area contributed by atoms with Crippen molar-refractivity contribution in [2.75, 3.05) is 33.2 Å². The van der Waals surface area contributed by atoms with Crippen molar-refractivity contribution in [1.82, 2.24) is 9.80 Å². The van der Waals surface area contributed by atoms with Crippen LogP contribution in [-0.4, -0.2) is 48.9 Å². The van der Waals surface area contributed by atoms with Crippen LogP contribution in [0, 0.1) is 5.92 Å². The van der Waals surface area contributed by atoms with Gasteiger partial charge in [0.2, 0.25) is 5.91 Å². The maximum Gasteiger partial charge on any atom is 0.246 e. The van der Waals surface area contributed by atoms with Gasteiger partial charge >= 0.3 is 0 Å². The van der Waals surface area contributed by atoms with E-state index >= 15 is 0 Å². The number of rotatable bonds is 7. The summed E-state index contributed by atoms with van der Waals surface area (Å²) in [6.07, 6.45) is 8.31. The predicted molar refractivity (Wildman–Crippen MR) is 110 cm³/mol. The van der Waals surface area contributed by atoms with Crippen LogP contribution >= 0.6 is 11.6 Å². The van der Waals surface area contributed by atoms with Gasteiger partial charge in [0.25, 0.3) is 0 Å². The summed E-state index contributed by atoms with van der Waals surface area (Å²) in [6.45, 7) is 4.03. The summed E-state index contributed by atoms with van der Waals surface area (Å²) in [4.78, 5) is 16.6. The zero-order valence-corrected chi connectivity index (χ0v) is 16.6. The van der Waals surface area contributed by atoms with Crippen LogP contribution in [0.2, 0.25) is 5.02 Å². The molecule has 1 amide bonds. The molecule has 1 aromatic carbocycles. The molecule has 0 radical (unpaired) electrons. The normalized spacial score (nSPS) is 18.1. The van der Waals surface area contributed by atoms with E-state index in [0.29, 0.717) is 11.7 Å². The number of likely N-dealkylation sites (N-methyl/N-ethyl adjacent to an activating group) is 1. The summed E-state index contributed by atoms with van der Waals surface area (Å²) in [5.41, 5.74) is 1.32. The summed E-state index contributed by atoms with van der Waals surface area (Å²) in [5.74, 6) is 1.24. The van der Waals surface area contributed by atoms with Crippen LogP contribution in [0.3, 0.4) is 0 Å². The van der Waals surface area contributed by atoms with Crippen molar-refractivity contribution >= 4 is 23.6 Å². The molecule has 1 saturated heterocycles. The molecule has 144 valence electrons. The van der Waals surface area contributed by atoms with Crippen LogP contribution in [-0.2, 0) is 11.2 Å². The highest BCUT2D eigenvalue weighted by Crippen LogP contribution is 2.18. The minimum Gasteiger partial charge on any atom is -0.465 e. The third-order valence-electron chi connectivity index (χ3n) is 5.07. The van der Waals surface area contributed by atoms with E-state index in [9.17, 15) is 4.79 Å². The minimum absolute atomic E-state index is 0.0182. The van der Waals surface area contributed by atoms with Crippen molar-refractivity contribution < 1.29 is 9.21 Å². The van der Waals surface area contributed by atoms with Crippen molar-refractivity contribution in [3.63, 3.8) is 0 Å². The average Bonchev–Trinajstić information content (AvgIpc) is 3.19. The number of piperidine rings is 1. The molecule has 0 saturated carbocycles. The van der Waals surface area contributed by atoms with Gasteiger partial charge in [-0.1, -0.05) is 23.7 Å². The molecule has 0 bridgehead atoms. The average molecular weight is 387 g/mol. The van der Waals surface area contributed by atoms with Gasteiger partial charge in [-0.15, -0.1) is 0 Å². The highest BCUT2D eigenvalue weighted by Gasteiger charge is 2.22. The molecule has 0 aliphatic carbocycles. The van der Waals surface area contributed by atoms with Gasteiger partial charge in [0.15, 0.2) is 0 Å². The monoisotopic (exact) mass is 386 g/mol. The Labute approximate surface area is 166 Å². The molecule has 5 heteroatoms. The minimum atomic E-state index is 0.0182. The van der Waals surface area contributed by atoms with Crippen molar-refractivity contribution in [2.45, 2.75) is 19.3 Å². The van der Waals surface area contributed by atoms with Gasteiger partial charge < -0.3 is 14.2 Å². The van der Waals surface area contributed by atoms with E-state index < -0.39 is 0 Å². The molecule has 1 aromatic heterocycles. The van der Waals surface area contributed by atoms with Gasteiger partial charge in [0.1, 0.15) is 5.76 Å². The lowest BCUT2D eigenvalue weighted by Gasteiger charge is -2.34. The molecule has 2 aromatic rings. The molecule has 2 heterocycles. The first-order valence-corrected chi connectivity index (χ1v) is 9.91. The highest BCUT2D eigenvalue weighted by molar-refractivity contribution is 6.30. The van der Waals surface area contributed by atoms with Crippen molar-refractivity contribution in [3.8, 4) is 0 Å². The number of halogens is 1. The van der Waals surface area contributed by atoms with E-state index in [1.807, 2.05) is 36.2 Å². The fourth-order valence-corrected chi connectivity index (χ4v) is 3.71. The zero-order chi connectivity index (χ0) is 19.1. The van der Waals surface area contributed by atoms with Crippen molar-refractivity contribution in [1.29, 1.82) is 0 Å². The van der Waals surface area contributed by atoms with Crippen LogP contribution in [0.15, 0.2) is 53.2 Å². The SMILES string of the molecule is CN(CC1CCCN(CCc2ccc(Cl)cc2)C1)C(=O)C=Cc1ccco1. The van der Waals surface area contributed by atoms with E-state index in [-0.39, 0.29) is 5.91 Å². The fourth-order valence-electron chi connectivity index (χ4n) is 3.59. The molecule has 27 heavy (non-hydrogen) atoms. The molecule has 0 N–H and O–H groups in total. The van der Waals surface area contributed by atoms with Crippen LogP contribution in [0.1, 0.15) is 24.2 Å². The van der Waals surface area contributed by atoms with Gasteiger partial charge in [-0.05, 0) is 67.6 Å². The van der Waals surface area contributed by atoms with Crippen LogP contribution in [0.4, 0.5) is 0 Å². The number of carbonyl (C=O) groups is 1. The van der Waals surface area contributed by atoms with Gasteiger partial charge in [-0.25, -0.2) is 0 Å². The molecule has 1 unspecified atom stereocenters. The van der Waals surface area contributed by atoms with Crippen molar-refractivity contribution in [3.05, 3.63) is 65.1 Å². The van der Waals surface area contributed by atoms with Crippen molar-refractivity contribution in [2.24, 2.45) is 5.92 Å². The molecular weight excluding hydrogens is 360 g/mol. The number of amides is 1. The van der Waals surface area contributed by atoms with E-state index in [2.05, 4.69) is 17.0 Å². The van der Waals surface area contributed by atoms with Gasteiger partial charge in [-0.3, -0.25) is 4.79 Å². The van der Waals surface area contributed by atoms with E-state index in [1.165, 1.54) is 18.4 Å². The second-order valence-electron chi connectivity index (χ2n) is 7.25. The number of hydrogen-bond acceptors (Lipinski definition) is 3. The Morgan fingerprint density at radius 2 is 2.15 bits per heavy atom. The Morgan fingerprint density at radius 3 is 2.89 bits per heavy atom. The topological polar surface area (TPSA) is 36.7 Å². The first-order chi connectivity index (χ1) is 13.1. The molecule has 1 aliphatic rings. The molecule has 3 rings (SSSR count). The third-order valence-corrected chi connectivity index (χ3v) is 5.33.